The standard InChI is InChI=1S/C23H20BrNO5/c1-28-15-7-4-13(5-8-15)20-19-21(26)17-11-14(24)6-9-18(17)30-22(19)23(27)25(20)12-16-3-2-10-29-16/h4-9,11,16,20H,2-3,10,12H2,1H3/t16-,20+/m0/s1. The third kappa shape index (κ3) is 3.13. The van der Waals surface area contributed by atoms with Crippen molar-refractivity contribution in [3.05, 3.63) is 74.0 Å². The third-order valence-corrected chi connectivity index (χ3v) is 6.28. The number of amides is 1. The number of carbonyl (C=O) groups excluding carboxylic acids is 1. The zero-order valence-corrected chi connectivity index (χ0v) is 18.0. The van der Waals surface area contributed by atoms with Crippen LogP contribution in [0.3, 0.4) is 0 Å². The Balaban J connectivity index is 1.69. The first-order valence-electron chi connectivity index (χ1n) is 9.89. The van der Waals surface area contributed by atoms with Crippen LogP contribution in [0.4, 0.5) is 0 Å². The highest BCUT2D eigenvalue weighted by molar-refractivity contribution is 9.10. The first kappa shape index (κ1) is 19.3. The molecule has 0 aliphatic carbocycles. The van der Waals surface area contributed by atoms with E-state index in [0.717, 1.165) is 22.9 Å². The van der Waals surface area contributed by atoms with Crippen LogP contribution in [0.15, 0.2) is 56.1 Å². The van der Waals surface area contributed by atoms with Crippen molar-refractivity contribution in [1.82, 2.24) is 4.90 Å². The Morgan fingerprint density at radius 2 is 1.97 bits per heavy atom. The predicted molar refractivity (Wildman–Crippen MR) is 115 cm³/mol. The second-order valence-electron chi connectivity index (χ2n) is 7.58. The molecule has 5 rings (SSSR count). The first-order valence-corrected chi connectivity index (χ1v) is 10.7. The molecule has 6 nitrogen and oxygen atoms in total. The molecule has 0 bridgehead atoms. The molecule has 1 aromatic heterocycles. The van der Waals surface area contributed by atoms with E-state index in [0.29, 0.717) is 35.4 Å². The lowest BCUT2D eigenvalue weighted by molar-refractivity contribution is 0.0486. The summed E-state index contributed by atoms with van der Waals surface area (Å²) in [5, 5.41) is 0.452. The van der Waals surface area contributed by atoms with Crippen molar-refractivity contribution in [1.29, 1.82) is 0 Å². The van der Waals surface area contributed by atoms with Gasteiger partial charge in [0.2, 0.25) is 5.76 Å². The van der Waals surface area contributed by atoms with E-state index in [-0.39, 0.29) is 23.2 Å². The van der Waals surface area contributed by atoms with Crippen molar-refractivity contribution in [2.45, 2.75) is 25.0 Å². The van der Waals surface area contributed by atoms with Crippen LogP contribution in [-0.2, 0) is 4.74 Å². The fourth-order valence-electron chi connectivity index (χ4n) is 4.32. The van der Waals surface area contributed by atoms with Crippen LogP contribution in [0, 0.1) is 0 Å². The fraction of sp³-hybridized carbons (Fsp3) is 0.304. The molecule has 0 saturated carbocycles. The predicted octanol–water partition coefficient (Wildman–Crippen LogP) is 4.29. The molecule has 0 spiro atoms. The van der Waals surface area contributed by atoms with Gasteiger partial charge in [-0.15, -0.1) is 0 Å². The van der Waals surface area contributed by atoms with Gasteiger partial charge >= 0.3 is 0 Å². The number of hydrogen-bond donors (Lipinski definition) is 0. The van der Waals surface area contributed by atoms with Crippen LogP contribution in [0.25, 0.3) is 11.0 Å². The third-order valence-electron chi connectivity index (χ3n) is 5.78. The van der Waals surface area contributed by atoms with E-state index in [2.05, 4.69) is 15.9 Å². The normalized spacial score (nSPS) is 20.7. The molecule has 3 aromatic rings. The summed E-state index contributed by atoms with van der Waals surface area (Å²) in [4.78, 5) is 28.6. The molecule has 2 atom stereocenters. The second kappa shape index (κ2) is 7.56. The highest BCUT2D eigenvalue weighted by Crippen LogP contribution is 2.39. The Morgan fingerprint density at radius 3 is 2.67 bits per heavy atom. The van der Waals surface area contributed by atoms with Crippen molar-refractivity contribution in [2.24, 2.45) is 0 Å². The molecular formula is C23H20BrNO5. The van der Waals surface area contributed by atoms with E-state index in [1.807, 2.05) is 24.3 Å². The smallest absolute Gasteiger partial charge is 0.291 e. The van der Waals surface area contributed by atoms with E-state index in [1.165, 1.54) is 0 Å². The molecule has 7 heteroatoms. The van der Waals surface area contributed by atoms with E-state index in [4.69, 9.17) is 13.9 Å². The second-order valence-corrected chi connectivity index (χ2v) is 8.50. The summed E-state index contributed by atoms with van der Waals surface area (Å²) in [6.45, 7) is 1.11. The van der Waals surface area contributed by atoms with Gasteiger partial charge in [-0.05, 0) is 48.7 Å². The molecule has 2 aliphatic rings. The minimum absolute atomic E-state index is 0.0392. The van der Waals surface area contributed by atoms with Crippen molar-refractivity contribution >= 4 is 32.8 Å². The van der Waals surface area contributed by atoms with Crippen molar-refractivity contribution < 1.29 is 18.7 Å². The Kier molecular flexibility index (Phi) is 4.87. The van der Waals surface area contributed by atoms with Gasteiger partial charge < -0.3 is 18.8 Å². The lowest BCUT2D eigenvalue weighted by atomic mass is 9.98. The van der Waals surface area contributed by atoms with Crippen LogP contribution in [0.5, 0.6) is 5.75 Å². The van der Waals surface area contributed by atoms with Gasteiger partial charge in [-0.25, -0.2) is 0 Å². The lowest BCUT2D eigenvalue weighted by Gasteiger charge is -2.27. The number of carbonyl (C=O) groups is 1. The van der Waals surface area contributed by atoms with E-state index in [1.54, 1.807) is 30.2 Å². The van der Waals surface area contributed by atoms with Gasteiger partial charge in [0, 0.05) is 17.6 Å². The van der Waals surface area contributed by atoms with Crippen LogP contribution < -0.4 is 10.2 Å². The average Bonchev–Trinajstić information content (AvgIpc) is 3.37. The Morgan fingerprint density at radius 1 is 1.17 bits per heavy atom. The molecule has 0 unspecified atom stereocenters. The SMILES string of the molecule is COc1ccc([C@@H]2c3c(oc4ccc(Br)cc4c3=O)C(=O)N2C[C@@H]2CCCO2)cc1. The fourth-order valence-corrected chi connectivity index (χ4v) is 4.68. The van der Waals surface area contributed by atoms with Crippen LogP contribution >= 0.6 is 15.9 Å². The highest BCUT2D eigenvalue weighted by Gasteiger charge is 2.43. The summed E-state index contributed by atoms with van der Waals surface area (Å²) in [5.74, 6) is 0.556. The van der Waals surface area contributed by atoms with E-state index in [9.17, 15) is 9.59 Å². The molecular weight excluding hydrogens is 450 g/mol. The van der Waals surface area contributed by atoms with Crippen LogP contribution in [0.1, 0.15) is 40.6 Å². The molecule has 0 radical (unpaired) electrons. The average molecular weight is 470 g/mol. The maximum absolute atomic E-state index is 13.5. The maximum atomic E-state index is 13.5. The van der Waals surface area contributed by atoms with Gasteiger partial charge in [0.15, 0.2) is 5.43 Å². The number of rotatable bonds is 4. The Labute approximate surface area is 181 Å². The van der Waals surface area contributed by atoms with Crippen LogP contribution in [-0.4, -0.2) is 37.2 Å². The maximum Gasteiger partial charge on any atom is 0.291 e. The summed E-state index contributed by atoms with van der Waals surface area (Å²) in [6.07, 6.45) is 1.83. The number of nitrogens with zero attached hydrogens (tertiary/aromatic N) is 1. The van der Waals surface area contributed by atoms with Gasteiger partial charge in [0.25, 0.3) is 5.91 Å². The number of halogens is 1. The Bertz CT molecular complexity index is 1180. The summed E-state index contributed by atoms with van der Waals surface area (Å²) in [7, 11) is 1.60. The van der Waals surface area contributed by atoms with Gasteiger partial charge in [0.05, 0.1) is 30.2 Å². The highest BCUT2D eigenvalue weighted by atomic mass is 79.9. The molecule has 2 aromatic carbocycles. The minimum atomic E-state index is -0.526. The molecule has 30 heavy (non-hydrogen) atoms. The summed E-state index contributed by atoms with van der Waals surface area (Å²) in [6, 6.07) is 12.2. The molecule has 2 aliphatic heterocycles. The number of benzene rings is 2. The van der Waals surface area contributed by atoms with Gasteiger partial charge in [-0.3, -0.25) is 9.59 Å². The van der Waals surface area contributed by atoms with E-state index < -0.39 is 6.04 Å². The molecule has 1 saturated heterocycles. The zero-order valence-electron chi connectivity index (χ0n) is 16.4. The molecule has 154 valence electrons. The summed E-state index contributed by atoms with van der Waals surface area (Å²) < 4.78 is 17.8. The van der Waals surface area contributed by atoms with Gasteiger partial charge in [-0.2, -0.15) is 0 Å². The molecule has 1 fully saturated rings. The van der Waals surface area contributed by atoms with Crippen molar-refractivity contribution in [3.63, 3.8) is 0 Å². The van der Waals surface area contributed by atoms with Crippen molar-refractivity contribution in [2.75, 3.05) is 20.3 Å². The molecule has 1 amide bonds. The minimum Gasteiger partial charge on any atom is -0.497 e. The lowest BCUT2D eigenvalue weighted by Crippen LogP contribution is -2.36. The Hall–Kier alpha value is -2.64. The monoisotopic (exact) mass is 469 g/mol. The number of methoxy groups -OCH3 is 1. The molecule has 0 N–H and O–H groups in total. The summed E-state index contributed by atoms with van der Waals surface area (Å²) in [5.41, 5.74) is 1.44. The van der Waals surface area contributed by atoms with Crippen molar-refractivity contribution in [3.8, 4) is 5.75 Å². The largest absolute Gasteiger partial charge is 0.497 e. The topological polar surface area (TPSA) is 69.0 Å². The van der Waals surface area contributed by atoms with Crippen LogP contribution in [0.2, 0.25) is 0 Å². The summed E-state index contributed by atoms with van der Waals surface area (Å²) >= 11 is 3.42. The quantitative estimate of drug-likeness (QED) is 0.569. The van der Waals surface area contributed by atoms with Gasteiger partial charge in [-0.1, -0.05) is 28.1 Å². The number of hydrogen-bond acceptors (Lipinski definition) is 5. The van der Waals surface area contributed by atoms with E-state index >= 15 is 0 Å². The zero-order chi connectivity index (χ0) is 20.8. The number of ether oxygens (including phenoxy) is 2. The first-order chi connectivity index (χ1) is 14.6. The van der Waals surface area contributed by atoms with Gasteiger partial charge in [0.1, 0.15) is 11.3 Å². The molecule has 3 heterocycles. The number of fused-ring (bicyclic) bond motifs is 2.